The Morgan fingerprint density at radius 3 is 1.54 bits per heavy atom. The highest BCUT2D eigenvalue weighted by Crippen LogP contribution is 2.35. The van der Waals surface area contributed by atoms with Gasteiger partial charge in [0.25, 0.3) is 0 Å². The van der Waals surface area contributed by atoms with Crippen molar-refractivity contribution in [2.24, 2.45) is 10.8 Å². The lowest BCUT2D eigenvalue weighted by molar-refractivity contribution is 0.206. The Morgan fingerprint density at radius 2 is 1.46 bits per heavy atom. The molecule has 0 fully saturated rings. The van der Waals surface area contributed by atoms with E-state index in [4.69, 9.17) is 10.2 Å². The van der Waals surface area contributed by atoms with Gasteiger partial charge in [-0.05, 0) is 17.3 Å². The largest absolute Gasteiger partial charge is 0.231 e. The van der Waals surface area contributed by atoms with Crippen LogP contribution in [0.15, 0.2) is 0 Å². The van der Waals surface area contributed by atoms with Gasteiger partial charge in [0.05, 0.1) is 0 Å². The van der Waals surface area contributed by atoms with Crippen LogP contribution in [-0.2, 0) is 4.79 Å². The van der Waals surface area contributed by atoms with Gasteiger partial charge < -0.3 is 0 Å². The molecule has 0 aliphatic carbocycles. The Morgan fingerprint density at radius 1 is 1.15 bits per heavy atom. The molecule has 0 saturated carbocycles. The molecular weight excluding hydrogens is 162 g/mol. The minimum absolute atomic E-state index is 0.486. The molecular formula is C11H23NO. The van der Waals surface area contributed by atoms with Crippen molar-refractivity contribution in [1.82, 2.24) is 0 Å². The van der Waals surface area contributed by atoms with E-state index >= 15 is 0 Å². The zero-order valence-corrected chi connectivity index (χ0v) is 9.82. The maximum Gasteiger partial charge on any atom is 0.231 e. The Kier molecular flexibility index (Phi) is 6.79. The number of nitrogens with one attached hydrogen (secondary N) is 1. The minimum Gasteiger partial charge on any atom is -0.222 e. The van der Waals surface area contributed by atoms with Crippen molar-refractivity contribution in [3.8, 4) is 0 Å². The van der Waals surface area contributed by atoms with Gasteiger partial charge in [0, 0.05) is 0 Å². The molecule has 0 saturated heterocycles. The molecule has 0 aromatic heterocycles. The molecule has 0 aliphatic heterocycles. The van der Waals surface area contributed by atoms with Gasteiger partial charge in [-0.2, -0.15) is 0 Å². The van der Waals surface area contributed by atoms with E-state index in [1.54, 1.807) is 0 Å². The van der Waals surface area contributed by atoms with E-state index in [0.717, 1.165) is 6.08 Å². The van der Waals surface area contributed by atoms with E-state index in [1.165, 1.54) is 12.8 Å². The van der Waals surface area contributed by atoms with Crippen LogP contribution in [0, 0.1) is 16.2 Å². The summed E-state index contributed by atoms with van der Waals surface area (Å²) in [4.78, 5) is 8.35. The zero-order valence-electron chi connectivity index (χ0n) is 9.82. The van der Waals surface area contributed by atoms with Gasteiger partial charge in [0.2, 0.25) is 6.08 Å². The van der Waals surface area contributed by atoms with Crippen LogP contribution in [0.4, 0.5) is 0 Å². The average Bonchev–Trinajstić information content (AvgIpc) is 1.84. The number of isocyanates is 1. The lowest BCUT2D eigenvalue weighted by Gasteiger charge is -2.31. The van der Waals surface area contributed by atoms with Crippen LogP contribution in [-0.4, -0.2) is 6.08 Å². The Labute approximate surface area is 82.2 Å². The van der Waals surface area contributed by atoms with E-state index in [9.17, 15) is 0 Å². The predicted molar refractivity (Wildman–Crippen MR) is 56.6 cm³/mol. The molecule has 0 aliphatic rings. The minimum atomic E-state index is 0.486. The summed E-state index contributed by atoms with van der Waals surface area (Å²) in [6, 6.07) is 0. The van der Waals surface area contributed by atoms with Crippen LogP contribution in [0.2, 0.25) is 0 Å². The molecule has 0 bridgehead atoms. The summed E-state index contributed by atoms with van der Waals surface area (Å²) < 4.78 is 0. The average molecular weight is 185 g/mol. The van der Waals surface area contributed by atoms with Gasteiger partial charge in [-0.3, -0.25) is 0 Å². The van der Waals surface area contributed by atoms with E-state index in [0.29, 0.717) is 10.8 Å². The first-order valence-corrected chi connectivity index (χ1v) is 4.72. The Balaban J connectivity index is 0. The summed E-state index contributed by atoms with van der Waals surface area (Å²) in [5, 5.41) is 5.40. The molecule has 0 unspecified atom stereocenters. The molecule has 0 heterocycles. The van der Waals surface area contributed by atoms with Gasteiger partial charge in [-0.25, -0.2) is 10.2 Å². The van der Waals surface area contributed by atoms with Gasteiger partial charge in [-0.15, -0.1) is 0 Å². The normalized spacial score (nSPS) is 11.2. The summed E-state index contributed by atoms with van der Waals surface area (Å²) in [7, 11) is 0. The van der Waals surface area contributed by atoms with E-state index in [-0.39, 0.29) is 0 Å². The second-order valence-corrected chi connectivity index (χ2v) is 5.36. The molecule has 13 heavy (non-hydrogen) atoms. The Bertz CT molecular complexity index is 159. The first-order chi connectivity index (χ1) is 5.68. The topological polar surface area (TPSA) is 40.9 Å². The number of carbonyl (C=O) groups excluding carboxylic acids is 1. The molecule has 1 N–H and O–H groups in total. The van der Waals surface area contributed by atoms with Crippen molar-refractivity contribution in [1.29, 1.82) is 5.41 Å². The summed E-state index contributed by atoms with van der Waals surface area (Å²) >= 11 is 0. The quantitative estimate of drug-likeness (QED) is 0.516. The van der Waals surface area contributed by atoms with Crippen molar-refractivity contribution >= 4 is 6.08 Å². The van der Waals surface area contributed by atoms with Gasteiger partial charge in [0.1, 0.15) is 0 Å². The first kappa shape index (κ1) is 14.9. The monoisotopic (exact) mass is 185 g/mol. The third-order valence-corrected chi connectivity index (χ3v) is 1.97. The standard InChI is InChI=1S/C10H22.CHNO/c1-7-10(5,6)8-9(2,3)4;2-1-3/h7-8H2,1-6H3;2H. The zero-order chi connectivity index (χ0) is 11.1. The number of hydrogen-bond donors (Lipinski definition) is 1. The number of rotatable bonds is 2. The van der Waals surface area contributed by atoms with E-state index in [1.807, 2.05) is 0 Å². The predicted octanol–water partition coefficient (Wildman–Crippen LogP) is 3.76. The van der Waals surface area contributed by atoms with Crippen molar-refractivity contribution in [2.45, 2.75) is 54.4 Å². The summed E-state index contributed by atoms with van der Waals surface area (Å²) in [5.41, 5.74) is 1.01. The highest BCUT2D eigenvalue weighted by molar-refractivity contribution is 5.26. The van der Waals surface area contributed by atoms with Crippen LogP contribution in [0.25, 0.3) is 0 Å². The van der Waals surface area contributed by atoms with Crippen molar-refractivity contribution < 1.29 is 4.79 Å². The highest BCUT2D eigenvalue weighted by atomic mass is 16.1. The highest BCUT2D eigenvalue weighted by Gasteiger charge is 2.23. The molecule has 0 radical (unpaired) electrons. The molecule has 2 nitrogen and oxygen atoms in total. The number of hydrogen-bond acceptors (Lipinski definition) is 2. The van der Waals surface area contributed by atoms with Crippen LogP contribution in [0.3, 0.4) is 0 Å². The molecule has 0 aromatic rings. The van der Waals surface area contributed by atoms with Gasteiger partial charge >= 0.3 is 0 Å². The SMILES string of the molecule is CCC(C)(C)CC(C)(C)C.N=C=O. The molecule has 0 atom stereocenters. The van der Waals surface area contributed by atoms with Crippen LogP contribution in [0.5, 0.6) is 0 Å². The fourth-order valence-electron chi connectivity index (χ4n) is 1.56. The molecule has 2 heteroatoms. The van der Waals surface area contributed by atoms with E-state index in [2.05, 4.69) is 41.5 Å². The molecule has 0 rings (SSSR count). The second kappa shape index (κ2) is 5.93. The van der Waals surface area contributed by atoms with Crippen LogP contribution >= 0.6 is 0 Å². The molecule has 0 spiro atoms. The second-order valence-electron chi connectivity index (χ2n) is 5.36. The van der Waals surface area contributed by atoms with Gasteiger partial charge in [-0.1, -0.05) is 48.0 Å². The maximum atomic E-state index is 8.35. The lowest BCUT2D eigenvalue weighted by atomic mass is 9.75. The molecule has 0 amide bonds. The Hall–Kier alpha value is -0.620. The lowest BCUT2D eigenvalue weighted by Crippen LogP contribution is -2.19. The van der Waals surface area contributed by atoms with Crippen LogP contribution in [0.1, 0.15) is 54.4 Å². The fraction of sp³-hybridized carbons (Fsp3) is 0.909. The van der Waals surface area contributed by atoms with Crippen molar-refractivity contribution in [3.63, 3.8) is 0 Å². The summed E-state index contributed by atoms with van der Waals surface area (Å²) in [5.74, 6) is 0. The third-order valence-electron chi connectivity index (χ3n) is 1.97. The van der Waals surface area contributed by atoms with Crippen molar-refractivity contribution in [2.75, 3.05) is 0 Å². The smallest absolute Gasteiger partial charge is 0.222 e. The van der Waals surface area contributed by atoms with Gasteiger partial charge in [0.15, 0.2) is 0 Å². The third kappa shape index (κ3) is 14.3. The fourth-order valence-corrected chi connectivity index (χ4v) is 1.56. The maximum absolute atomic E-state index is 8.35. The first-order valence-electron chi connectivity index (χ1n) is 4.72. The molecule has 0 aromatic carbocycles. The summed E-state index contributed by atoms with van der Waals surface area (Å²) in [6.07, 6.45) is 3.35. The van der Waals surface area contributed by atoms with E-state index < -0.39 is 0 Å². The summed E-state index contributed by atoms with van der Waals surface area (Å²) in [6.45, 7) is 13.9. The van der Waals surface area contributed by atoms with Crippen molar-refractivity contribution in [3.05, 3.63) is 0 Å². The van der Waals surface area contributed by atoms with Crippen LogP contribution < -0.4 is 0 Å². The molecule has 78 valence electrons.